The summed E-state index contributed by atoms with van der Waals surface area (Å²) in [5, 5.41) is 0. The van der Waals surface area contributed by atoms with Gasteiger partial charge in [0.25, 0.3) is 0 Å². The van der Waals surface area contributed by atoms with Crippen LogP contribution in [0.1, 0.15) is 12.0 Å². The fraction of sp³-hybridized carbons (Fsp3) is 0.174. The van der Waals surface area contributed by atoms with Gasteiger partial charge in [-0.15, -0.1) is 0 Å². The number of fused-ring (bicyclic) bond motifs is 2. The zero-order chi connectivity index (χ0) is 19.7. The molecular weight excluding hydrogens is 354 g/mol. The Morgan fingerprint density at radius 1 is 1.00 bits per heavy atom. The van der Waals surface area contributed by atoms with Gasteiger partial charge >= 0.3 is 5.97 Å². The third kappa shape index (κ3) is 2.85. The molecule has 28 heavy (non-hydrogen) atoms. The Labute approximate surface area is 164 Å². The molecule has 142 valence electrons. The Morgan fingerprint density at radius 2 is 1.71 bits per heavy atom. The standard InChI is InChI=1S/C23H21NO4/c1-24-17-11-6-4-9-15(17)21(16-10-5-7-12-18(16)24)23(25)28-22-19(26-2)13-8-14-20(22)27-3/h4-9,11-14H,10H2,1-3H3. The number of methoxy groups -OCH3 is 2. The van der Waals surface area contributed by atoms with Gasteiger partial charge in [0, 0.05) is 24.0 Å². The lowest BCUT2D eigenvalue weighted by Gasteiger charge is -2.34. The van der Waals surface area contributed by atoms with Crippen molar-refractivity contribution in [2.45, 2.75) is 6.42 Å². The van der Waals surface area contributed by atoms with E-state index in [-0.39, 0.29) is 5.75 Å². The number of carbonyl (C=O) groups excluding carboxylic acids is 1. The Balaban J connectivity index is 1.83. The largest absolute Gasteiger partial charge is 0.493 e. The van der Waals surface area contributed by atoms with E-state index in [0.717, 1.165) is 22.5 Å². The minimum absolute atomic E-state index is 0.277. The van der Waals surface area contributed by atoms with E-state index >= 15 is 0 Å². The summed E-state index contributed by atoms with van der Waals surface area (Å²) in [5.41, 5.74) is 4.33. The van der Waals surface area contributed by atoms with Crippen LogP contribution in [0.15, 0.2) is 72.0 Å². The molecule has 0 unspecified atom stereocenters. The van der Waals surface area contributed by atoms with Crippen molar-refractivity contribution in [3.63, 3.8) is 0 Å². The number of rotatable bonds is 4. The fourth-order valence-electron chi connectivity index (χ4n) is 3.66. The molecule has 0 amide bonds. The molecule has 5 nitrogen and oxygen atoms in total. The van der Waals surface area contributed by atoms with Gasteiger partial charge in [-0.3, -0.25) is 0 Å². The number of hydrogen-bond donors (Lipinski definition) is 0. The zero-order valence-corrected chi connectivity index (χ0v) is 16.1. The van der Waals surface area contributed by atoms with Crippen LogP contribution in [0.3, 0.4) is 0 Å². The number of hydrogen-bond acceptors (Lipinski definition) is 5. The highest BCUT2D eigenvalue weighted by Gasteiger charge is 2.32. The molecule has 0 radical (unpaired) electrons. The van der Waals surface area contributed by atoms with Crippen LogP contribution in [-0.4, -0.2) is 27.2 Å². The van der Waals surface area contributed by atoms with Crippen molar-refractivity contribution >= 4 is 17.2 Å². The van der Waals surface area contributed by atoms with Crippen molar-refractivity contribution in [2.24, 2.45) is 0 Å². The van der Waals surface area contributed by atoms with Crippen LogP contribution in [0.25, 0.3) is 5.57 Å². The molecule has 5 heteroatoms. The van der Waals surface area contributed by atoms with Crippen LogP contribution in [0.2, 0.25) is 0 Å². The molecule has 1 aliphatic carbocycles. The van der Waals surface area contributed by atoms with Crippen molar-refractivity contribution in [1.29, 1.82) is 0 Å². The molecule has 2 aromatic carbocycles. The van der Waals surface area contributed by atoms with E-state index in [1.165, 1.54) is 14.2 Å². The lowest BCUT2D eigenvalue weighted by atomic mass is 9.87. The van der Waals surface area contributed by atoms with Crippen LogP contribution >= 0.6 is 0 Å². The quantitative estimate of drug-likeness (QED) is 0.587. The number of allylic oxidation sites excluding steroid dienone is 4. The first-order chi connectivity index (χ1) is 13.7. The highest BCUT2D eigenvalue weighted by molar-refractivity contribution is 6.22. The monoisotopic (exact) mass is 375 g/mol. The van der Waals surface area contributed by atoms with Crippen molar-refractivity contribution in [1.82, 2.24) is 0 Å². The third-order valence-electron chi connectivity index (χ3n) is 5.00. The summed E-state index contributed by atoms with van der Waals surface area (Å²) in [6.07, 6.45) is 6.73. The summed E-state index contributed by atoms with van der Waals surface area (Å²) in [6.45, 7) is 0. The van der Waals surface area contributed by atoms with Crippen LogP contribution in [-0.2, 0) is 4.79 Å². The normalized spacial score (nSPS) is 14.8. The van der Waals surface area contributed by atoms with Crippen LogP contribution in [0.5, 0.6) is 17.2 Å². The van der Waals surface area contributed by atoms with Crippen LogP contribution in [0, 0.1) is 0 Å². The second-order valence-corrected chi connectivity index (χ2v) is 6.50. The smallest absolute Gasteiger partial charge is 0.344 e. The van der Waals surface area contributed by atoms with E-state index in [4.69, 9.17) is 14.2 Å². The first-order valence-corrected chi connectivity index (χ1v) is 9.02. The van der Waals surface area contributed by atoms with E-state index in [1.807, 2.05) is 49.5 Å². The van der Waals surface area contributed by atoms with E-state index in [1.54, 1.807) is 18.2 Å². The van der Waals surface area contributed by atoms with Gasteiger partial charge in [0.2, 0.25) is 5.75 Å². The molecule has 0 spiro atoms. The van der Waals surface area contributed by atoms with Crippen LogP contribution in [0.4, 0.5) is 5.69 Å². The number of esters is 1. The number of nitrogens with zero attached hydrogens (tertiary/aromatic N) is 1. The number of anilines is 1. The van der Waals surface area contributed by atoms with Gasteiger partial charge in [0.1, 0.15) is 0 Å². The van der Waals surface area contributed by atoms with Gasteiger partial charge in [-0.2, -0.15) is 0 Å². The van der Waals surface area contributed by atoms with E-state index in [9.17, 15) is 4.79 Å². The second-order valence-electron chi connectivity index (χ2n) is 6.50. The Morgan fingerprint density at radius 3 is 2.43 bits per heavy atom. The summed E-state index contributed by atoms with van der Waals surface area (Å²) in [7, 11) is 5.08. The van der Waals surface area contributed by atoms with Gasteiger partial charge in [0.05, 0.1) is 19.8 Å². The number of para-hydroxylation sites is 2. The van der Waals surface area contributed by atoms with Gasteiger partial charge < -0.3 is 19.1 Å². The molecule has 0 saturated heterocycles. The SMILES string of the molecule is COc1cccc(OC)c1OC(=O)C1=C2CC=CC=C2N(C)c2ccccc21. The molecule has 0 aromatic heterocycles. The number of ether oxygens (including phenoxy) is 3. The van der Waals surface area contributed by atoms with Gasteiger partial charge in [-0.05, 0) is 36.3 Å². The van der Waals surface area contributed by atoms with Crippen molar-refractivity contribution in [3.8, 4) is 17.2 Å². The number of carbonyl (C=O) groups is 1. The number of likely N-dealkylation sites (N-methyl/N-ethyl adjacent to an activating group) is 1. The predicted octanol–water partition coefficient (Wildman–Crippen LogP) is 4.36. The summed E-state index contributed by atoms with van der Waals surface area (Å²) in [6, 6.07) is 13.1. The average Bonchev–Trinajstić information content (AvgIpc) is 2.74. The molecule has 0 saturated carbocycles. The summed E-state index contributed by atoms with van der Waals surface area (Å²) >= 11 is 0. The van der Waals surface area contributed by atoms with Crippen molar-refractivity contribution in [3.05, 3.63) is 77.5 Å². The molecule has 0 fully saturated rings. The molecular formula is C23H21NO4. The molecule has 4 rings (SSSR count). The first-order valence-electron chi connectivity index (χ1n) is 9.02. The average molecular weight is 375 g/mol. The molecule has 0 N–H and O–H groups in total. The molecule has 2 aliphatic rings. The molecule has 1 aliphatic heterocycles. The fourth-order valence-corrected chi connectivity index (χ4v) is 3.66. The third-order valence-corrected chi connectivity index (χ3v) is 5.00. The summed E-state index contributed by atoms with van der Waals surface area (Å²) in [5.74, 6) is 0.732. The van der Waals surface area contributed by atoms with Gasteiger partial charge in [-0.25, -0.2) is 4.79 Å². The first kappa shape index (κ1) is 17.9. The number of benzene rings is 2. The van der Waals surface area contributed by atoms with Gasteiger partial charge in [0.15, 0.2) is 11.5 Å². The Bertz CT molecular complexity index is 1010. The molecule has 0 bridgehead atoms. The topological polar surface area (TPSA) is 48.0 Å². The summed E-state index contributed by atoms with van der Waals surface area (Å²) < 4.78 is 16.6. The highest BCUT2D eigenvalue weighted by atomic mass is 16.6. The van der Waals surface area contributed by atoms with Crippen molar-refractivity contribution in [2.75, 3.05) is 26.2 Å². The minimum atomic E-state index is -0.431. The Kier molecular flexibility index (Phi) is 4.65. The van der Waals surface area contributed by atoms with Crippen LogP contribution < -0.4 is 19.1 Å². The van der Waals surface area contributed by atoms with E-state index in [0.29, 0.717) is 23.5 Å². The molecule has 0 atom stereocenters. The summed E-state index contributed by atoms with van der Waals surface area (Å²) in [4.78, 5) is 15.5. The van der Waals surface area contributed by atoms with E-state index < -0.39 is 5.97 Å². The maximum Gasteiger partial charge on any atom is 0.344 e. The predicted molar refractivity (Wildman–Crippen MR) is 109 cm³/mol. The Hall–Kier alpha value is -3.47. The lowest BCUT2D eigenvalue weighted by molar-refractivity contribution is -0.128. The van der Waals surface area contributed by atoms with E-state index in [2.05, 4.69) is 4.90 Å². The second kappa shape index (κ2) is 7.27. The van der Waals surface area contributed by atoms with Gasteiger partial charge in [-0.1, -0.05) is 36.4 Å². The lowest BCUT2D eigenvalue weighted by Crippen LogP contribution is -2.28. The maximum absolute atomic E-state index is 13.4. The minimum Gasteiger partial charge on any atom is -0.493 e. The molecule has 1 heterocycles. The molecule has 2 aromatic rings. The maximum atomic E-state index is 13.4. The van der Waals surface area contributed by atoms with Crippen molar-refractivity contribution < 1.29 is 19.0 Å². The highest BCUT2D eigenvalue weighted by Crippen LogP contribution is 2.44. The zero-order valence-electron chi connectivity index (χ0n) is 16.1.